The Hall–Kier alpha value is -1.61. The normalized spacial score (nSPS) is 16.2. The molecule has 2 aromatic rings. The van der Waals surface area contributed by atoms with Crippen LogP contribution >= 0.6 is 0 Å². The molecule has 1 atom stereocenters. The van der Waals surface area contributed by atoms with Gasteiger partial charge in [0.1, 0.15) is 0 Å². The fourth-order valence-corrected chi connectivity index (χ4v) is 2.48. The van der Waals surface area contributed by atoms with Crippen LogP contribution in [0.5, 0.6) is 0 Å². The topological polar surface area (TPSA) is 29.9 Å². The lowest BCUT2D eigenvalue weighted by Gasteiger charge is -2.12. The van der Waals surface area contributed by atoms with E-state index in [2.05, 4.69) is 52.5 Å². The molecule has 0 amide bonds. The van der Waals surface area contributed by atoms with Crippen LogP contribution in [0.25, 0.3) is 11.1 Å². The Morgan fingerprint density at radius 2 is 2.05 bits per heavy atom. The SMILES string of the molecule is CC(CCCNC1CC1)n1cc(-c2ccccc2)cn1. The molecule has 1 aromatic carbocycles. The Morgan fingerprint density at radius 3 is 2.80 bits per heavy atom. The van der Waals surface area contributed by atoms with E-state index < -0.39 is 0 Å². The molecular weight excluding hydrogens is 246 g/mol. The summed E-state index contributed by atoms with van der Waals surface area (Å²) in [5, 5.41) is 8.08. The summed E-state index contributed by atoms with van der Waals surface area (Å²) in [5.41, 5.74) is 2.44. The van der Waals surface area contributed by atoms with Crippen LogP contribution in [0.2, 0.25) is 0 Å². The fourth-order valence-electron chi connectivity index (χ4n) is 2.48. The molecule has 1 N–H and O–H groups in total. The molecule has 0 saturated heterocycles. The molecule has 1 aliphatic rings. The van der Waals surface area contributed by atoms with Crippen molar-refractivity contribution in [3.05, 3.63) is 42.7 Å². The summed E-state index contributed by atoms with van der Waals surface area (Å²) >= 11 is 0. The number of aromatic nitrogens is 2. The van der Waals surface area contributed by atoms with Crippen molar-refractivity contribution in [1.29, 1.82) is 0 Å². The molecule has 1 fully saturated rings. The van der Waals surface area contributed by atoms with E-state index in [4.69, 9.17) is 0 Å². The average Bonchev–Trinajstić information content (AvgIpc) is 3.18. The van der Waals surface area contributed by atoms with Crippen LogP contribution < -0.4 is 5.32 Å². The smallest absolute Gasteiger partial charge is 0.0568 e. The number of benzene rings is 1. The van der Waals surface area contributed by atoms with Gasteiger partial charge in [0, 0.05) is 23.8 Å². The highest BCUT2D eigenvalue weighted by atomic mass is 15.3. The van der Waals surface area contributed by atoms with Crippen molar-refractivity contribution in [2.45, 2.75) is 44.7 Å². The molecule has 1 aliphatic carbocycles. The van der Waals surface area contributed by atoms with Gasteiger partial charge in [0.05, 0.1) is 6.20 Å². The number of hydrogen-bond donors (Lipinski definition) is 1. The zero-order valence-corrected chi connectivity index (χ0v) is 12.1. The van der Waals surface area contributed by atoms with Gasteiger partial charge < -0.3 is 5.32 Å². The first kappa shape index (κ1) is 13.4. The second kappa shape index (κ2) is 6.23. The molecule has 3 nitrogen and oxygen atoms in total. The lowest BCUT2D eigenvalue weighted by molar-refractivity contribution is 0.438. The zero-order chi connectivity index (χ0) is 13.8. The van der Waals surface area contributed by atoms with E-state index in [1.165, 1.54) is 36.8 Å². The van der Waals surface area contributed by atoms with Gasteiger partial charge in [-0.3, -0.25) is 4.68 Å². The van der Waals surface area contributed by atoms with Gasteiger partial charge >= 0.3 is 0 Å². The van der Waals surface area contributed by atoms with Gasteiger partial charge in [-0.15, -0.1) is 0 Å². The van der Waals surface area contributed by atoms with Crippen molar-refractivity contribution in [1.82, 2.24) is 15.1 Å². The molecule has 20 heavy (non-hydrogen) atoms. The van der Waals surface area contributed by atoms with E-state index in [9.17, 15) is 0 Å². The predicted octanol–water partition coefficient (Wildman–Crippen LogP) is 3.64. The zero-order valence-electron chi connectivity index (χ0n) is 12.1. The van der Waals surface area contributed by atoms with Gasteiger partial charge in [-0.2, -0.15) is 5.10 Å². The van der Waals surface area contributed by atoms with Gasteiger partial charge in [0.25, 0.3) is 0 Å². The third-order valence-corrected chi connectivity index (χ3v) is 3.97. The summed E-state index contributed by atoms with van der Waals surface area (Å²) in [6.07, 6.45) is 9.26. The van der Waals surface area contributed by atoms with E-state index in [1.54, 1.807) is 0 Å². The van der Waals surface area contributed by atoms with Gasteiger partial charge in [-0.1, -0.05) is 30.3 Å². The largest absolute Gasteiger partial charge is 0.314 e. The van der Waals surface area contributed by atoms with Crippen LogP contribution in [0.4, 0.5) is 0 Å². The highest BCUT2D eigenvalue weighted by Crippen LogP contribution is 2.21. The first-order chi connectivity index (χ1) is 9.83. The minimum Gasteiger partial charge on any atom is -0.314 e. The lowest BCUT2D eigenvalue weighted by atomic mass is 10.1. The number of nitrogens with one attached hydrogen (secondary N) is 1. The van der Waals surface area contributed by atoms with Crippen molar-refractivity contribution in [2.75, 3.05) is 6.54 Å². The van der Waals surface area contributed by atoms with Gasteiger partial charge in [-0.25, -0.2) is 0 Å². The minimum absolute atomic E-state index is 0.466. The van der Waals surface area contributed by atoms with Crippen molar-refractivity contribution < 1.29 is 0 Å². The molecule has 3 heteroatoms. The molecule has 0 bridgehead atoms. The maximum Gasteiger partial charge on any atom is 0.0568 e. The molecule has 1 unspecified atom stereocenters. The Morgan fingerprint density at radius 1 is 1.25 bits per heavy atom. The quantitative estimate of drug-likeness (QED) is 0.778. The van der Waals surface area contributed by atoms with E-state index in [1.807, 2.05) is 12.3 Å². The Balaban J connectivity index is 1.52. The molecule has 106 valence electrons. The monoisotopic (exact) mass is 269 g/mol. The Labute approximate surface area is 121 Å². The number of rotatable bonds is 7. The highest BCUT2D eigenvalue weighted by Gasteiger charge is 2.19. The number of hydrogen-bond acceptors (Lipinski definition) is 2. The molecule has 0 aliphatic heterocycles. The summed E-state index contributed by atoms with van der Waals surface area (Å²) in [4.78, 5) is 0. The summed E-state index contributed by atoms with van der Waals surface area (Å²) in [5.74, 6) is 0. The van der Waals surface area contributed by atoms with Crippen molar-refractivity contribution in [3.63, 3.8) is 0 Å². The lowest BCUT2D eigenvalue weighted by Crippen LogP contribution is -2.18. The van der Waals surface area contributed by atoms with Crippen molar-refractivity contribution >= 4 is 0 Å². The molecule has 1 saturated carbocycles. The average molecular weight is 269 g/mol. The summed E-state index contributed by atoms with van der Waals surface area (Å²) in [7, 11) is 0. The first-order valence-electron chi connectivity index (χ1n) is 7.66. The van der Waals surface area contributed by atoms with Crippen LogP contribution in [0.1, 0.15) is 38.6 Å². The summed E-state index contributed by atoms with van der Waals surface area (Å²) in [6, 6.07) is 11.7. The molecule has 1 aromatic heterocycles. The van der Waals surface area contributed by atoms with E-state index in [0.717, 1.165) is 12.6 Å². The second-order valence-electron chi connectivity index (χ2n) is 5.79. The van der Waals surface area contributed by atoms with Crippen LogP contribution in [-0.2, 0) is 0 Å². The van der Waals surface area contributed by atoms with Crippen LogP contribution in [0.15, 0.2) is 42.7 Å². The molecule has 0 spiro atoms. The van der Waals surface area contributed by atoms with Gasteiger partial charge in [-0.05, 0) is 44.7 Å². The highest BCUT2D eigenvalue weighted by molar-refractivity contribution is 5.61. The first-order valence-corrected chi connectivity index (χ1v) is 7.66. The third kappa shape index (κ3) is 3.48. The van der Waals surface area contributed by atoms with Crippen LogP contribution in [0, 0.1) is 0 Å². The Bertz CT molecular complexity index is 528. The maximum absolute atomic E-state index is 4.51. The molecular formula is C17H23N3. The second-order valence-corrected chi connectivity index (χ2v) is 5.79. The number of nitrogens with zero attached hydrogens (tertiary/aromatic N) is 2. The van der Waals surface area contributed by atoms with Crippen molar-refractivity contribution in [3.8, 4) is 11.1 Å². The predicted molar refractivity (Wildman–Crippen MR) is 82.6 cm³/mol. The molecule has 0 radical (unpaired) electrons. The fraction of sp³-hybridized carbons (Fsp3) is 0.471. The van der Waals surface area contributed by atoms with E-state index >= 15 is 0 Å². The van der Waals surface area contributed by atoms with E-state index in [0.29, 0.717) is 6.04 Å². The Kier molecular flexibility index (Phi) is 4.16. The van der Waals surface area contributed by atoms with Gasteiger partial charge in [0.2, 0.25) is 0 Å². The minimum atomic E-state index is 0.466. The molecule has 3 rings (SSSR count). The summed E-state index contributed by atoms with van der Waals surface area (Å²) < 4.78 is 2.10. The maximum atomic E-state index is 4.51. The van der Waals surface area contributed by atoms with Gasteiger partial charge in [0.15, 0.2) is 0 Å². The summed E-state index contributed by atoms with van der Waals surface area (Å²) in [6.45, 7) is 3.39. The van der Waals surface area contributed by atoms with Crippen molar-refractivity contribution in [2.24, 2.45) is 0 Å². The molecule has 1 heterocycles. The van der Waals surface area contributed by atoms with Crippen LogP contribution in [0.3, 0.4) is 0 Å². The van der Waals surface area contributed by atoms with E-state index in [-0.39, 0.29) is 0 Å². The van der Waals surface area contributed by atoms with Crippen LogP contribution in [-0.4, -0.2) is 22.4 Å². The third-order valence-electron chi connectivity index (χ3n) is 3.97. The standard InChI is InChI=1S/C17H23N3/c1-14(6-5-11-18-17-9-10-17)20-13-16(12-19-20)15-7-3-2-4-8-15/h2-4,7-8,12-14,17-18H,5-6,9-11H2,1H3.